The Labute approximate surface area is 177 Å². The molecule has 4 nitrogen and oxygen atoms in total. The van der Waals surface area contributed by atoms with Crippen LogP contribution in [0.4, 0.5) is 14.5 Å². The molecule has 1 atom stereocenters. The molecular weight excluding hydrogens is 382 g/mol. The molecule has 0 saturated heterocycles. The minimum absolute atomic E-state index is 0.0404. The summed E-state index contributed by atoms with van der Waals surface area (Å²) >= 11 is 0. The van der Waals surface area contributed by atoms with E-state index in [0.717, 1.165) is 29.1 Å². The van der Waals surface area contributed by atoms with E-state index in [0.29, 0.717) is 18.2 Å². The van der Waals surface area contributed by atoms with E-state index >= 15 is 0 Å². The molecule has 0 aliphatic carbocycles. The molecule has 0 aliphatic heterocycles. The summed E-state index contributed by atoms with van der Waals surface area (Å²) in [6.07, 6.45) is 6.37. The number of rotatable bonds is 7. The van der Waals surface area contributed by atoms with E-state index in [1.807, 2.05) is 33.0 Å². The monoisotopic (exact) mass is 414 g/mol. The first kappa shape index (κ1) is 22.2. The molecule has 0 spiro atoms. The molecule has 3 aromatic rings. The van der Waals surface area contributed by atoms with Gasteiger partial charge in [-0.05, 0) is 75.8 Å². The fraction of sp³-hybridized carbons (Fsp3) is 0.500. The van der Waals surface area contributed by atoms with Crippen LogP contribution in [-0.4, -0.2) is 20.6 Å². The lowest BCUT2D eigenvalue weighted by Crippen LogP contribution is -2.18. The number of nitrogens with one attached hydrogen (secondary N) is 1. The quantitative estimate of drug-likeness (QED) is 0.474. The summed E-state index contributed by atoms with van der Waals surface area (Å²) < 4.78 is 30.2. The maximum absolute atomic E-state index is 14.0. The fourth-order valence-electron chi connectivity index (χ4n) is 3.90. The number of halogens is 2. The van der Waals surface area contributed by atoms with Gasteiger partial charge in [0.25, 0.3) is 5.92 Å². The summed E-state index contributed by atoms with van der Waals surface area (Å²) in [5, 5.41) is 4.29. The number of aryl methyl sites for hydroxylation is 1. The van der Waals surface area contributed by atoms with Crippen LogP contribution in [0.3, 0.4) is 0 Å². The minimum Gasteiger partial charge on any atom is -0.381 e. The highest BCUT2D eigenvalue weighted by Crippen LogP contribution is 2.35. The highest BCUT2D eigenvalue weighted by Gasteiger charge is 2.30. The van der Waals surface area contributed by atoms with E-state index in [1.54, 1.807) is 6.20 Å². The van der Waals surface area contributed by atoms with E-state index in [9.17, 15) is 8.78 Å². The summed E-state index contributed by atoms with van der Waals surface area (Å²) in [6, 6.07) is 4.34. The molecule has 0 bridgehead atoms. The van der Waals surface area contributed by atoms with Gasteiger partial charge < -0.3 is 9.88 Å². The van der Waals surface area contributed by atoms with Gasteiger partial charge in [-0.3, -0.25) is 4.98 Å². The summed E-state index contributed by atoms with van der Waals surface area (Å²) in [4.78, 5) is 8.78. The summed E-state index contributed by atoms with van der Waals surface area (Å²) in [5.74, 6) is -2.80. The van der Waals surface area contributed by atoms with Crippen molar-refractivity contribution in [2.75, 3.05) is 5.32 Å². The van der Waals surface area contributed by atoms with Crippen molar-refractivity contribution in [3.8, 4) is 0 Å². The molecular formula is C24H32F2N4. The molecule has 0 aromatic carbocycles. The fourth-order valence-corrected chi connectivity index (χ4v) is 3.90. The van der Waals surface area contributed by atoms with Crippen LogP contribution in [0.1, 0.15) is 75.9 Å². The number of alkyl halides is 2. The standard InChI is InChI=1S/C24H32F2N4/c1-14(2)29-21-10-18(12-27-22(21)24(7,25)26)9-17(6)20-13-30(15(3)4)23-19(20)8-16(5)11-28-23/h8,10-15,17,29H,9H2,1-7H3. The van der Waals surface area contributed by atoms with Gasteiger partial charge in [-0.1, -0.05) is 6.92 Å². The molecule has 0 saturated carbocycles. The van der Waals surface area contributed by atoms with Gasteiger partial charge in [-0.2, -0.15) is 8.78 Å². The minimum atomic E-state index is -2.99. The third-order valence-electron chi connectivity index (χ3n) is 5.27. The second-order valence-electron chi connectivity index (χ2n) is 9.00. The van der Waals surface area contributed by atoms with E-state index in [4.69, 9.17) is 0 Å². The van der Waals surface area contributed by atoms with Crippen molar-refractivity contribution in [2.45, 2.75) is 78.8 Å². The molecule has 30 heavy (non-hydrogen) atoms. The van der Waals surface area contributed by atoms with Crippen LogP contribution in [0, 0.1) is 6.92 Å². The van der Waals surface area contributed by atoms with Crippen LogP contribution in [0.2, 0.25) is 0 Å². The Balaban J connectivity index is 1.98. The first-order chi connectivity index (χ1) is 14.0. The smallest absolute Gasteiger partial charge is 0.289 e. The van der Waals surface area contributed by atoms with Gasteiger partial charge in [0.05, 0.1) is 5.69 Å². The van der Waals surface area contributed by atoms with Crippen LogP contribution in [-0.2, 0) is 12.3 Å². The molecule has 0 fully saturated rings. The SMILES string of the molecule is Cc1cnc2c(c1)c(C(C)Cc1cnc(C(C)(F)F)c(NC(C)C)c1)cn2C(C)C. The third-order valence-corrected chi connectivity index (χ3v) is 5.27. The molecule has 1 N–H and O–H groups in total. The van der Waals surface area contributed by atoms with E-state index in [1.165, 1.54) is 5.56 Å². The summed E-state index contributed by atoms with van der Waals surface area (Å²) in [7, 11) is 0. The second kappa shape index (κ2) is 8.32. The number of aromatic nitrogens is 3. The predicted octanol–water partition coefficient (Wildman–Crippen LogP) is 6.60. The van der Waals surface area contributed by atoms with Crippen molar-refractivity contribution in [2.24, 2.45) is 0 Å². The largest absolute Gasteiger partial charge is 0.381 e. The van der Waals surface area contributed by atoms with E-state index in [2.05, 4.69) is 52.9 Å². The predicted molar refractivity (Wildman–Crippen MR) is 120 cm³/mol. The lowest BCUT2D eigenvalue weighted by molar-refractivity contribution is 0.0135. The normalized spacial score (nSPS) is 13.4. The van der Waals surface area contributed by atoms with Gasteiger partial charge in [-0.15, -0.1) is 0 Å². The van der Waals surface area contributed by atoms with Crippen LogP contribution < -0.4 is 5.32 Å². The van der Waals surface area contributed by atoms with Crippen LogP contribution in [0.15, 0.2) is 30.7 Å². The Bertz CT molecular complexity index is 1030. The molecule has 0 aliphatic rings. The lowest BCUT2D eigenvalue weighted by atomic mass is 9.93. The topological polar surface area (TPSA) is 42.7 Å². The average molecular weight is 415 g/mol. The van der Waals surface area contributed by atoms with Gasteiger partial charge in [0, 0.05) is 43.0 Å². The van der Waals surface area contributed by atoms with Crippen molar-refractivity contribution < 1.29 is 8.78 Å². The molecule has 162 valence electrons. The Kier molecular flexibility index (Phi) is 6.16. The molecule has 6 heteroatoms. The highest BCUT2D eigenvalue weighted by molar-refractivity contribution is 5.82. The van der Waals surface area contributed by atoms with Crippen LogP contribution >= 0.6 is 0 Å². The number of fused-ring (bicyclic) bond motifs is 1. The van der Waals surface area contributed by atoms with Gasteiger partial charge in [0.1, 0.15) is 11.3 Å². The average Bonchev–Trinajstić information content (AvgIpc) is 2.99. The molecule has 0 radical (unpaired) electrons. The lowest BCUT2D eigenvalue weighted by Gasteiger charge is -2.20. The first-order valence-electron chi connectivity index (χ1n) is 10.6. The zero-order valence-corrected chi connectivity index (χ0v) is 18.9. The summed E-state index contributed by atoms with van der Waals surface area (Å²) in [5.41, 5.74) is 4.46. The zero-order chi connectivity index (χ0) is 22.2. The third kappa shape index (κ3) is 4.63. The number of hydrogen-bond acceptors (Lipinski definition) is 3. The Morgan fingerprint density at radius 1 is 1.07 bits per heavy atom. The number of nitrogens with zero attached hydrogens (tertiary/aromatic N) is 3. The van der Waals surface area contributed by atoms with Gasteiger partial charge in [-0.25, -0.2) is 4.98 Å². The second-order valence-corrected chi connectivity index (χ2v) is 9.00. The van der Waals surface area contributed by atoms with Crippen molar-refractivity contribution >= 4 is 16.7 Å². The molecule has 3 rings (SSSR count). The zero-order valence-electron chi connectivity index (χ0n) is 18.9. The van der Waals surface area contributed by atoms with Crippen molar-refractivity contribution in [1.82, 2.24) is 14.5 Å². The molecule has 1 unspecified atom stereocenters. The highest BCUT2D eigenvalue weighted by atomic mass is 19.3. The summed E-state index contributed by atoms with van der Waals surface area (Å²) in [6.45, 7) is 13.3. The van der Waals surface area contributed by atoms with Crippen molar-refractivity contribution in [3.63, 3.8) is 0 Å². The number of hydrogen-bond donors (Lipinski definition) is 1. The molecule has 3 aromatic heterocycles. The van der Waals surface area contributed by atoms with Crippen LogP contribution in [0.5, 0.6) is 0 Å². The number of anilines is 1. The van der Waals surface area contributed by atoms with E-state index in [-0.39, 0.29) is 17.7 Å². The van der Waals surface area contributed by atoms with Crippen molar-refractivity contribution in [1.29, 1.82) is 0 Å². The Hall–Kier alpha value is -2.50. The van der Waals surface area contributed by atoms with Gasteiger partial charge >= 0.3 is 0 Å². The number of pyridine rings is 2. The Morgan fingerprint density at radius 3 is 2.37 bits per heavy atom. The molecule has 3 heterocycles. The van der Waals surface area contributed by atoms with Crippen LogP contribution in [0.25, 0.3) is 11.0 Å². The van der Waals surface area contributed by atoms with Gasteiger partial charge in [0.15, 0.2) is 0 Å². The van der Waals surface area contributed by atoms with E-state index < -0.39 is 5.92 Å². The first-order valence-corrected chi connectivity index (χ1v) is 10.6. The maximum Gasteiger partial charge on any atom is 0.289 e. The van der Waals surface area contributed by atoms with Crippen molar-refractivity contribution in [3.05, 3.63) is 53.1 Å². The Morgan fingerprint density at radius 2 is 1.77 bits per heavy atom. The maximum atomic E-state index is 14.0. The molecule has 0 amide bonds. The van der Waals surface area contributed by atoms with Gasteiger partial charge in [0.2, 0.25) is 0 Å².